The summed E-state index contributed by atoms with van der Waals surface area (Å²) >= 11 is 11.9. The molecule has 0 fully saturated rings. The molecule has 0 aliphatic heterocycles. The van der Waals surface area contributed by atoms with Crippen molar-refractivity contribution in [3.8, 4) is 11.3 Å². The molecule has 27 heavy (non-hydrogen) atoms. The highest BCUT2D eigenvalue weighted by Crippen LogP contribution is 2.19. The van der Waals surface area contributed by atoms with Gasteiger partial charge in [0.2, 0.25) is 5.91 Å². The summed E-state index contributed by atoms with van der Waals surface area (Å²) in [6.07, 6.45) is 0.145. The van der Waals surface area contributed by atoms with Crippen LogP contribution >= 0.6 is 23.2 Å². The average Bonchev–Trinajstić information content (AvgIpc) is 2.66. The van der Waals surface area contributed by atoms with E-state index in [-0.39, 0.29) is 24.4 Å². The Morgan fingerprint density at radius 3 is 2.48 bits per heavy atom. The van der Waals surface area contributed by atoms with E-state index in [0.717, 1.165) is 11.1 Å². The minimum Gasteiger partial charge on any atom is -0.352 e. The number of rotatable bonds is 6. The first-order valence-corrected chi connectivity index (χ1v) is 9.12. The first kappa shape index (κ1) is 19.1. The van der Waals surface area contributed by atoms with Gasteiger partial charge in [0, 0.05) is 34.6 Å². The first-order valence-electron chi connectivity index (χ1n) is 8.36. The molecule has 1 amide bonds. The average molecular weight is 402 g/mol. The monoisotopic (exact) mass is 401 g/mol. The van der Waals surface area contributed by atoms with Gasteiger partial charge in [0.05, 0.1) is 12.2 Å². The van der Waals surface area contributed by atoms with Crippen LogP contribution in [-0.4, -0.2) is 15.7 Å². The third-order valence-electron chi connectivity index (χ3n) is 3.92. The summed E-state index contributed by atoms with van der Waals surface area (Å²) in [6.45, 7) is 0.568. The molecule has 0 unspecified atom stereocenters. The van der Waals surface area contributed by atoms with Gasteiger partial charge < -0.3 is 5.32 Å². The predicted octanol–water partition coefficient (Wildman–Crippen LogP) is 3.92. The van der Waals surface area contributed by atoms with Gasteiger partial charge in [-0.25, -0.2) is 4.68 Å². The molecular formula is C20H17Cl2N3O2. The van der Waals surface area contributed by atoms with Gasteiger partial charge in [0.15, 0.2) is 0 Å². The highest BCUT2D eigenvalue weighted by atomic mass is 35.5. The summed E-state index contributed by atoms with van der Waals surface area (Å²) in [5.41, 5.74) is 2.08. The van der Waals surface area contributed by atoms with Gasteiger partial charge in [-0.1, -0.05) is 47.5 Å². The third kappa shape index (κ3) is 5.42. The second-order valence-electron chi connectivity index (χ2n) is 5.95. The van der Waals surface area contributed by atoms with Gasteiger partial charge in [-0.2, -0.15) is 5.10 Å². The number of nitrogens with one attached hydrogen (secondary N) is 1. The van der Waals surface area contributed by atoms with E-state index < -0.39 is 0 Å². The Labute approximate surface area is 166 Å². The minimum absolute atomic E-state index is 0.145. The third-order valence-corrected chi connectivity index (χ3v) is 4.39. The fourth-order valence-corrected chi connectivity index (χ4v) is 2.96. The number of halogens is 2. The van der Waals surface area contributed by atoms with Crippen molar-refractivity contribution < 1.29 is 4.79 Å². The van der Waals surface area contributed by atoms with Crippen LogP contribution in [0, 0.1) is 0 Å². The van der Waals surface area contributed by atoms with E-state index in [2.05, 4.69) is 10.4 Å². The summed E-state index contributed by atoms with van der Waals surface area (Å²) in [6, 6.07) is 17.6. The van der Waals surface area contributed by atoms with Gasteiger partial charge in [0.1, 0.15) is 0 Å². The standard InChI is InChI=1S/C20H17Cl2N3O2/c21-16-5-1-3-14(11-16)13-23-19(26)9-10-25-20(27)8-7-18(24-25)15-4-2-6-17(22)12-15/h1-8,11-12H,9-10,13H2,(H,23,26). The van der Waals surface area contributed by atoms with Gasteiger partial charge in [-0.05, 0) is 35.9 Å². The zero-order valence-electron chi connectivity index (χ0n) is 14.4. The predicted molar refractivity (Wildman–Crippen MR) is 107 cm³/mol. The lowest BCUT2D eigenvalue weighted by Gasteiger charge is -2.08. The second kappa shape index (κ2) is 8.84. The van der Waals surface area contributed by atoms with Crippen LogP contribution in [0.3, 0.4) is 0 Å². The molecule has 3 aromatic rings. The zero-order valence-corrected chi connectivity index (χ0v) is 15.9. The molecule has 3 rings (SSSR count). The number of hydrogen-bond acceptors (Lipinski definition) is 3. The van der Waals surface area contributed by atoms with E-state index in [1.165, 1.54) is 10.7 Å². The van der Waals surface area contributed by atoms with Crippen molar-refractivity contribution >= 4 is 29.1 Å². The largest absolute Gasteiger partial charge is 0.352 e. The number of hydrogen-bond donors (Lipinski definition) is 1. The van der Waals surface area contributed by atoms with Crippen LogP contribution in [0.5, 0.6) is 0 Å². The Bertz CT molecular complexity index is 1020. The van der Waals surface area contributed by atoms with Crippen LogP contribution in [0.2, 0.25) is 10.0 Å². The van der Waals surface area contributed by atoms with Crippen LogP contribution in [0.1, 0.15) is 12.0 Å². The van der Waals surface area contributed by atoms with Crippen molar-refractivity contribution in [3.05, 3.63) is 86.6 Å². The molecule has 2 aromatic carbocycles. The van der Waals surface area contributed by atoms with E-state index in [4.69, 9.17) is 23.2 Å². The summed E-state index contributed by atoms with van der Waals surface area (Å²) in [5.74, 6) is -0.170. The Morgan fingerprint density at radius 1 is 1.00 bits per heavy atom. The maximum absolute atomic E-state index is 12.1. The summed E-state index contributed by atoms with van der Waals surface area (Å²) in [5, 5.41) is 8.36. The second-order valence-corrected chi connectivity index (χ2v) is 6.82. The minimum atomic E-state index is -0.261. The molecule has 138 valence electrons. The summed E-state index contributed by atoms with van der Waals surface area (Å²) in [7, 11) is 0. The number of carbonyl (C=O) groups excluding carboxylic acids is 1. The summed E-state index contributed by atoms with van der Waals surface area (Å²) in [4.78, 5) is 24.1. The Kier molecular flexibility index (Phi) is 6.27. The van der Waals surface area contributed by atoms with Crippen molar-refractivity contribution in [1.29, 1.82) is 0 Å². The topological polar surface area (TPSA) is 64.0 Å². The highest BCUT2D eigenvalue weighted by molar-refractivity contribution is 6.31. The molecule has 5 nitrogen and oxygen atoms in total. The molecule has 1 N–H and O–H groups in total. The van der Waals surface area contributed by atoms with E-state index in [0.29, 0.717) is 22.3 Å². The fourth-order valence-electron chi connectivity index (χ4n) is 2.55. The lowest BCUT2D eigenvalue weighted by Crippen LogP contribution is -2.28. The maximum atomic E-state index is 12.1. The normalized spacial score (nSPS) is 10.6. The van der Waals surface area contributed by atoms with Crippen LogP contribution in [0.25, 0.3) is 11.3 Å². The molecule has 0 radical (unpaired) electrons. The lowest BCUT2D eigenvalue weighted by atomic mass is 10.1. The molecular weight excluding hydrogens is 385 g/mol. The molecule has 1 heterocycles. The van der Waals surface area contributed by atoms with E-state index in [1.54, 1.807) is 30.3 Å². The van der Waals surface area contributed by atoms with E-state index in [1.807, 2.05) is 24.3 Å². The summed E-state index contributed by atoms with van der Waals surface area (Å²) < 4.78 is 1.29. The quantitative estimate of drug-likeness (QED) is 0.680. The van der Waals surface area contributed by atoms with Crippen molar-refractivity contribution in [2.75, 3.05) is 0 Å². The molecule has 0 atom stereocenters. The number of aryl methyl sites for hydroxylation is 1. The first-order chi connectivity index (χ1) is 13.0. The number of aromatic nitrogens is 2. The maximum Gasteiger partial charge on any atom is 0.266 e. The molecule has 0 saturated carbocycles. The molecule has 0 spiro atoms. The Morgan fingerprint density at radius 2 is 1.74 bits per heavy atom. The van der Waals surface area contributed by atoms with Gasteiger partial charge in [0.25, 0.3) is 5.56 Å². The van der Waals surface area contributed by atoms with Crippen LogP contribution in [0.4, 0.5) is 0 Å². The molecule has 1 aromatic heterocycles. The number of carbonyl (C=O) groups is 1. The smallest absolute Gasteiger partial charge is 0.266 e. The van der Waals surface area contributed by atoms with Gasteiger partial charge in [-0.15, -0.1) is 0 Å². The van der Waals surface area contributed by atoms with Gasteiger partial charge >= 0.3 is 0 Å². The van der Waals surface area contributed by atoms with Crippen molar-refractivity contribution in [2.24, 2.45) is 0 Å². The zero-order chi connectivity index (χ0) is 19.2. The number of nitrogens with zero attached hydrogens (tertiary/aromatic N) is 2. The molecule has 0 bridgehead atoms. The van der Waals surface area contributed by atoms with Crippen LogP contribution in [-0.2, 0) is 17.9 Å². The molecule has 0 saturated heterocycles. The molecule has 7 heteroatoms. The number of benzene rings is 2. The van der Waals surface area contributed by atoms with Gasteiger partial charge in [-0.3, -0.25) is 9.59 Å². The SMILES string of the molecule is O=C(CCn1nc(-c2cccc(Cl)c2)ccc1=O)NCc1cccc(Cl)c1. The van der Waals surface area contributed by atoms with Crippen molar-refractivity contribution in [1.82, 2.24) is 15.1 Å². The Balaban J connectivity index is 1.62. The van der Waals surface area contributed by atoms with Crippen LogP contribution in [0.15, 0.2) is 65.5 Å². The van der Waals surface area contributed by atoms with Crippen molar-refractivity contribution in [2.45, 2.75) is 19.5 Å². The van der Waals surface area contributed by atoms with E-state index in [9.17, 15) is 9.59 Å². The molecule has 0 aliphatic rings. The number of amides is 1. The lowest BCUT2D eigenvalue weighted by molar-refractivity contribution is -0.121. The van der Waals surface area contributed by atoms with E-state index >= 15 is 0 Å². The fraction of sp³-hybridized carbons (Fsp3) is 0.150. The molecule has 0 aliphatic carbocycles. The van der Waals surface area contributed by atoms with Crippen molar-refractivity contribution in [3.63, 3.8) is 0 Å². The Hall–Kier alpha value is -2.63. The van der Waals surface area contributed by atoms with Crippen LogP contribution < -0.4 is 10.9 Å². The highest BCUT2D eigenvalue weighted by Gasteiger charge is 2.07.